The van der Waals surface area contributed by atoms with Crippen molar-refractivity contribution in [1.82, 2.24) is 0 Å². The Morgan fingerprint density at radius 2 is 2.10 bits per heavy atom. The molecule has 0 aliphatic rings. The number of ether oxygens (including phenoxy) is 1. The molecule has 2 aromatic carbocycles. The van der Waals surface area contributed by atoms with Crippen molar-refractivity contribution in [2.45, 2.75) is 6.61 Å². The van der Waals surface area contributed by atoms with Crippen molar-refractivity contribution in [2.24, 2.45) is 0 Å². The van der Waals surface area contributed by atoms with E-state index in [0.717, 1.165) is 0 Å². The highest BCUT2D eigenvalue weighted by atomic mass is 35.5. The highest BCUT2D eigenvalue weighted by molar-refractivity contribution is 6.31. The molecule has 0 spiro atoms. The van der Waals surface area contributed by atoms with Crippen molar-refractivity contribution in [3.8, 4) is 5.75 Å². The molecule has 0 aliphatic carbocycles. The Hall–Kier alpha value is -2.27. The van der Waals surface area contributed by atoms with Crippen LogP contribution in [0.1, 0.15) is 15.9 Å². The van der Waals surface area contributed by atoms with E-state index in [1.54, 1.807) is 6.07 Å². The number of rotatable bonds is 4. The van der Waals surface area contributed by atoms with Gasteiger partial charge in [0, 0.05) is 5.56 Å². The van der Waals surface area contributed by atoms with Crippen LogP contribution >= 0.6 is 11.6 Å². The molecule has 4 nitrogen and oxygen atoms in total. The number of nitrogen functional groups attached to an aromatic ring is 1. The zero-order chi connectivity index (χ0) is 14.7. The van der Waals surface area contributed by atoms with Crippen molar-refractivity contribution in [3.05, 3.63) is 58.4 Å². The van der Waals surface area contributed by atoms with Crippen LogP contribution in [-0.2, 0) is 6.61 Å². The zero-order valence-corrected chi connectivity index (χ0v) is 11.0. The second-order valence-corrected chi connectivity index (χ2v) is 4.44. The number of hydrogen-bond donors (Lipinski definition) is 2. The van der Waals surface area contributed by atoms with Crippen molar-refractivity contribution < 1.29 is 19.0 Å². The molecule has 6 heteroatoms. The predicted octanol–water partition coefficient (Wildman–Crippen LogP) is 3.34. The maximum absolute atomic E-state index is 13.2. The van der Waals surface area contributed by atoms with Crippen molar-refractivity contribution >= 4 is 23.3 Å². The van der Waals surface area contributed by atoms with Gasteiger partial charge in [0.2, 0.25) is 0 Å². The smallest absolute Gasteiger partial charge is 0.335 e. The Labute approximate surface area is 119 Å². The summed E-state index contributed by atoms with van der Waals surface area (Å²) in [5, 5.41) is 8.81. The number of carboxylic acid groups (broad SMARTS) is 1. The van der Waals surface area contributed by atoms with Gasteiger partial charge in [-0.25, -0.2) is 9.18 Å². The van der Waals surface area contributed by atoms with E-state index in [0.29, 0.717) is 11.3 Å². The molecular formula is C14H11ClFNO3. The van der Waals surface area contributed by atoms with E-state index in [1.165, 1.54) is 30.3 Å². The van der Waals surface area contributed by atoms with Crippen LogP contribution in [0.4, 0.5) is 10.1 Å². The zero-order valence-electron chi connectivity index (χ0n) is 10.3. The Morgan fingerprint density at radius 3 is 2.75 bits per heavy atom. The molecule has 0 saturated carbocycles. The number of hydrogen-bond acceptors (Lipinski definition) is 3. The molecule has 0 radical (unpaired) electrons. The molecule has 2 aromatic rings. The van der Waals surface area contributed by atoms with Crippen LogP contribution in [-0.4, -0.2) is 11.1 Å². The lowest BCUT2D eigenvalue weighted by Crippen LogP contribution is -2.02. The van der Waals surface area contributed by atoms with E-state index < -0.39 is 11.8 Å². The van der Waals surface area contributed by atoms with Gasteiger partial charge in [0.25, 0.3) is 0 Å². The summed E-state index contributed by atoms with van der Waals surface area (Å²) in [7, 11) is 0. The number of halogens is 2. The Morgan fingerprint density at radius 1 is 1.35 bits per heavy atom. The van der Waals surface area contributed by atoms with Crippen LogP contribution in [0.25, 0.3) is 0 Å². The van der Waals surface area contributed by atoms with Gasteiger partial charge in [0.05, 0.1) is 16.3 Å². The van der Waals surface area contributed by atoms with Gasteiger partial charge < -0.3 is 15.6 Å². The highest BCUT2D eigenvalue weighted by Crippen LogP contribution is 2.26. The summed E-state index contributed by atoms with van der Waals surface area (Å²) in [6, 6.07) is 8.53. The van der Waals surface area contributed by atoms with Gasteiger partial charge in [-0.1, -0.05) is 23.7 Å². The Kier molecular flexibility index (Phi) is 4.10. The van der Waals surface area contributed by atoms with Crippen molar-refractivity contribution in [1.29, 1.82) is 0 Å². The fourth-order valence-corrected chi connectivity index (χ4v) is 1.81. The lowest BCUT2D eigenvalue weighted by molar-refractivity contribution is 0.0697. The van der Waals surface area contributed by atoms with E-state index in [9.17, 15) is 9.18 Å². The Balaban J connectivity index is 2.15. The molecule has 0 amide bonds. The lowest BCUT2D eigenvalue weighted by atomic mass is 10.2. The third kappa shape index (κ3) is 3.00. The molecule has 0 atom stereocenters. The minimum Gasteiger partial charge on any atom is -0.487 e. The molecule has 0 unspecified atom stereocenters. The Bertz CT molecular complexity index is 661. The van der Waals surface area contributed by atoms with Gasteiger partial charge in [-0.3, -0.25) is 0 Å². The number of carboxylic acids is 1. The minimum atomic E-state index is -1.07. The molecule has 2 rings (SSSR count). The van der Waals surface area contributed by atoms with Crippen LogP contribution in [0, 0.1) is 5.82 Å². The number of nitrogens with two attached hydrogens (primary N) is 1. The van der Waals surface area contributed by atoms with E-state index >= 15 is 0 Å². The van der Waals surface area contributed by atoms with E-state index in [2.05, 4.69) is 0 Å². The van der Waals surface area contributed by atoms with Crippen molar-refractivity contribution in [3.63, 3.8) is 0 Å². The summed E-state index contributed by atoms with van der Waals surface area (Å²) in [6.45, 7) is 0.0349. The van der Waals surface area contributed by atoms with Crippen molar-refractivity contribution in [2.75, 3.05) is 5.73 Å². The maximum Gasteiger partial charge on any atom is 0.335 e. The molecule has 20 heavy (non-hydrogen) atoms. The molecule has 0 heterocycles. The third-order valence-corrected chi connectivity index (χ3v) is 3.09. The first kappa shape index (κ1) is 14.1. The van der Waals surface area contributed by atoms with Gasteiger partial charge in [-0.2, -0.15) is 0 Å². The molecule has 0 aliphatic heterocycles. The first-order chi connectivity index (χ1) is 9.49. The van der Waals surface area contributed by atoms with Crippen LogP contribution in [0.3, 0.4) is 0 Å². The van der Waals surface area contributed by atoms with Crippen LogP contribution in [0.15, 0.2) is 36.4 Å². The van der Waals surface area contributed by atoms with Gasteiger partial charge in [-0.15, -0.1) is 0 Å². The molecular weight excluding hydrogens is 285 g/mol. The summed E-state index contributed by atoms with van der Waals surface area (Å²) < 4.78 is 18.7. The van der Waals surface area contributed by atoms with E-state index in [4.69, 9.17) is 27.2 Å². The summed E-state index contributed by atoms with van der Waals surface area (Å²) >= 11 is 5.80. The fourth-order valence-electron chi connectivity index (χ4n) is 1.63. The number of carbonyl (C=O) groups is 1. The summed E-state index contributed by atoms with van der Waals surface area (Å²) in [4.78, 5) is 10.8. The first-order valence-corrected chi connectivity index (χ1v) is 6.05. The summed E-state index contributed by atoms with van der Waals surface area (Å²) in [5.74, 6) is -1.28. The number of aromatic carboxylic acids is 1. The normalized spacial score (nSPS) is 10.3. The highest BCUT2D eigenvalue weighted by Gasteiger charge is 2.09. The third-order valence-electron chi connectivity index (χ3n) is 2.67. The van der Waals surface area contributed by atoms with E-state index in [-0.39, 0.29) is 22.9 Å². The molecule has 0 fully saturated rings. The SMILES string of the molecule is Nc1cc(C(=O)O)ccc1OCc1cccc(F)c1Cl. The number of anilines is 1. The largest absolute Gasteiger partial charge is 0.487 e. The molecule has 3 N–H and O–H groups in total. The first-order valence-electron chi connectivity index (χ1n) is 5.67. The monoisotopic (exact) mass is 295 g/mol. The predicted molar refractivity (Wildman–Crippen MR) is 73.6 cm³/mol. The van der Waals surface area contributed by atoms with Crippen LogP contribution in [0.5, 0.6) is 5.75 Å². The van der Waals surface area contributed by atoms with Gasteiger partial charge in [0.1, 0.15) is 18.2 Å². The fraction of sp³-hybridized carbons (Fsp3) is 0.0714. The maximum atomic E-state index is 13.2. The summed E-state index contributed by atoms with van der Waals surface area (Å²) in [6.07, 6.45) is 0. The number of benzene rings is 2. The average molecular weight is 296 g/mol. The lowest BCUT2D eigenvalue weighted by Gasteiger charge is -2.10. The van der Waals surface area contributed by atoms with Gasteiger partial charge in [0.15, 0.2) is 0 Å². The molecule has 0 aromatic heterocycles. The second-order valence-electron chi connectivity index (χ2n) is 4.06. The van der Waals surface area contributed by atoms with Crippen LogP contribution in [0.2, 0.25) is 5.02 Å². The molecule has 0 bridgehead atoms. The standard InChI is InChI=1S/C14H11ClFNO3/c15-13-9(2-1-3-10(13)16)7-20-12-5-4-8(14(18)19)6-11(12)17/h1-6H,7,17H2,(H,18,19). The minimum absolute atomic E-state index is 0.00627. The van der Waals surface area contributed by atoms with Gasteiger partial charge >= 0.3 is 5.97 Å². The van der Waals surface area contributed by atoms with E-state index in [1.807, 2.05) is 0 Å². The van der Waals surface area contributed by atoms with Crippen LogP contribution < -0.4 is 10.5 Å². The molecule has 0 saturated heterocycles. The van der Waals surface area contributed by atoms with Gasteiger partial charge in [-0.05, 0) is 24.3 Å². The topological polar surface area (TPSA) is 72.6 Å². The average Bonchev–Trinajstić information content (AvgIpc) is 2.41. The second kappa shape index (κ2) is 5.79. The quantitative estimate of drug-likeness (QED) is 0.849. The molecule has 104 valence electrons. The summed E-state index contributed by atoms with van der Waals surface area (Å²) in [5.41, 5.74) is 6.44.